The van der Waals surface area contributed by atoms with Gasteiger partial charge in [0.1, 0.15) is 0 Å². The highest BCUT2D eigenvalue weighted by molar-refractivity contribution is 8.01. The van der Waals surface area contributed by atoms with E-state index in [0.29, 0.717) is 11.4 Å². The zero-order chi connectivity index (χ0) is 22.8. The highest BCUT2D eigenvalue weighted by Gasteiger charge is 2.42. The van der Waals surface area contributed by atoms with Gasteiger partial charge < -0.3 is 11.5 Å². The van der Waals surface area contributed by atoms with E-state index in [2.05, 4.69) is 0 Å². The van der Waals surface area contributed by atoms with Crippen molar-refractivity contribution < 1.29 is 19.2 Å². The Morgan fingerprint density at radius 1 is 0.688 bits per heavy atom. The standard InChI is InChI=1S/C22H22N4O4S2/c23-13-5-1-3-7-15(13)31-17-11-19(27)25(21(17)29)9-10-26-20(28)12-18(22(26)30)32-16-8-4-2-6-14(16)24/h1-8,17-18H,9-12,23-24H2. The van der Waals surface area contributed by atoms with Crippen LogP contribution in [0.4, 0.5) is 11.4 Å². The maximum Gasteiger partial charge on any atom is 0.243 e. The molecule has 0 saturated carbocycles. The van der Waals surface area contributed by atoms with Crippen molar-refractivity contribution in [1.29, 1.82) is 0 Å². The molecular formula is C22H22N4O4S2. The van der Waals surface area contributed by atoms with Crippen LogP contribution in [-0.2, 0) is 19.2 Å². The molecular weight excluding hydrogens is 448 g/mol. The normalized spacial score (nSPS) is 21.1. The molecule has 0 spiro atoms. The van der Waals surface area contributed by atoms with E-state index in [-0.39, 0.29) is 49.6 Å². The molecule has 2 unspecified atom stereocenters. The van der Waals surface area contributed by atoms with Gasteiger partial charge in [0.05, 0.1) is 10.5 Å². The lowest BCUT2D eigenvalue weighted by atomic mass is 10.3. The van der Waals surface area contributed by atoms with Crippen LogP contribution in [0.2, 0.25) is 0 Å². The number of benzene rings is 2. The summed E-state index contributed by atoms with van der Waals surface area (Å²) in [5.41, 5.74) is 13.0. The van der Waals surface area contributed by atoms with Crippen LogP contribution in [0, 0.1) is 0 Å². The van der Waals surface area contributed by atoms with Crippen LogP contribution in [0.25, 0.3) is 0 Å². The first-order chi connectivity index (χ1) is 15.3. The van der Waals surface area contributed by atoms with E-state index in [1.165, 1.54) is 23.5 Å². The van der Waals surface area contributed by atoms with Crippen molar-refractivity contribution in [2.75, 3.05) is 24.6 Å². The molecule has 32 heavy (non-hydrogen) atoms. The predicted molar refractivity (Wildman–Crippen MR) is 124 cm³/mol. The number of carbonyl (C=O) groups excluding carboxylic acids is 4. The Morgan fingerprint density at radius 3 is 1.44 bits per heavy atom. The van der Waals surface area contributed by atoms with Crippen LogP contribution >= 0.6 is 23.5 Å². The van der Waals surface area contributed by atoms with Gasteiger partial charge in [-0.15, -0.1) is 23.5 Å². The van der Waals surface area contributed by atoms with Gasteiger partial charge in [-0.25, -0.2) is 0 Å². The molecule has 2 fully saturated rings. The molecule has 2 atom stereocenters. The smallest absolute Gasteiger partial charge is 0.243 e. The van der Waals surface area contributed by atoms with Gasteiger partial charge in [0, 0.05) is 47.1 Å². The topological polar surface area (TPSA) is 127 Å². The fraction of sp³-hybridized carbons (Fsp3) is 0.273. The molecule has 4 amide bonds. The summed E-state index contributed by atoms with van der Waals surface area (Å²) >= 11 is 2.51. The molecule has 2 aromatic rings. The average molecular weight is 471 g/mol. The van der Waals surface area contributed by atoms with Gasteiger partial charge in [0.2, 0.25) is 23.6 Å². The molecule has 4 rings (SSSR count). The number of rotatable bonds is 7. The number of nitrogens with two attached hydrogens (primary N) is 2. The first-order valence-corrected chi connectivity index (χ1v) is 11.8. The third-order valence-corrected chi connectivity index (χ3v) is 7.89. The second-order valence-corrected chi connectivity index (χ2v) is 9.95. The van der Waals surface area contributed by atoms with E-state index >= 15 is 0 Å². The number of nitrogens with zero attached hydrogens (tertiary/aromatic N) is 2. The Balaban J connectivity index is 1.36. The molecule has 2 aliphatic rings. The minimum Gasteiger partial charge on any atom is -0.398 e. The molecule has 0 radical (unpaired) electrons. The Kier molecular flexibility index (Phi) is 6.43. The maximum atomic E-state index is 12.8. The largest absolute Gasteiger partial charge is 0.398 e. The van der Waals surface area contributed by atoms with Crippen molar-refractivity contribution in [2.45, 2.75) is 33.1 Å². The quantitative estimate of drug-likeness (QED) is 0.465. The molecule has 4 N–H and O–H groups in total. The van der Waals surface area contributed by atoms with Crippen molar-refractivity contribution in [3.8, 4) is 0 Å². The zero-order valence-electron chi connectivity index (χ0n) is 17.1. The Hall–Kier alpha value is -2.98. The van der Waals surface area contributed by atoms with E-state index in [1.807, 2.05) is 12.1 Å². The van der Waals surface area contributed by atoms with Gasteiger partial charge in [-0.05, 0) is 24.3 Å². The summed E-state index contributed by atoms with van der Waals surface area (Å²) in [6, 6.07) is 14.3. The molecule has 2 saturated heterocycles. The minimum absolute atomic E-state index is 0.0126. The fourth-order valence-electron chi connectivity index (χ4n) is 3.64. The monoisotopic (exact) mass is 470 g/mol. The van der Waals surface area contributed by atoms with Crippen LogP contribution in [0.5, 0.6) is 0 Å². The molecule has 0 aliphatic carbocycles. The number of anilines is 2. The summed E-state index contributed by atoms with van der Waals surface area (Å²) in [6.07, 6.45) is 0.122. The highest BCUT2D eigenvalue weighted by atomic mass is 32.2. The summed E-state index contributed by atoms with van der Waals surface area (Å²) in [4.78, 5) is 54.2. The zero-order valence-corrected chi connectivity index (χ0v) is 18.7. The fourth-order valence-corrected chi connectivity index (χ4v) is 5.89. The first kappa shape index (κ1) is 22.2. The summed E-state index contributed by atoms with van der Waals surface area (Å²) < 4.78 is 0. The van der Waals surface area contributed by atoms with Crippen molar-refractivity contribution in [2.24, 2.45) is 0 Å². The minimum atomic E-state index is -0.568. The van der Waals surface area contributed by atoms with Gasteiger partial charge in [-0.3, -0.25) is 29.0 Å². The van der Waals surface area contributed by atoms with E-state index in [9.17, 15) is 19.2 Å². The molecule has 0 aromatic heterocycles. The molecule has 8 nitrogen and oxygen atoms in total. The third kappa shape index (κ3) is 4.46. The number of hydrogen-bond acceptors (Lipinski definition) is 8. The number of nitrogen functional groups attached to an aromatic ring is 2. The van der Waals surface area contributed by atoms with E-state index in [0.717, 1.165) is 19.6 Å². The summed E-state index contributed by atoms with van der Waals surface area (Å²) in [6.45, 7) is -0.0251. The number of thioether (sulfide) groups is 2. The van der Waals surface area contributed by atoms with Gasteiger partial charge in [-0.1, -0.05) is 24.3 Å². The third-order valence-electron chi connectivity index (χ3n) is 5.33. The van der Waals surface area contributed by atoms with Gasteiger partial charge in [0.15, 0.2) is 0 Å². The average Bonchev–Trinajstić information content (AvgIpc) is 3.18. The molecule has 166 valence electrons. The van der Waals surface area contributed by atoms with Gasteiger partial charge in [-0.2, -0.15) is 0 Å². The number of carbonyl (C=O) groups is 4. The number of hydrogen-bond donors (Lipinski definition) is 2. The summed E-state index contributed by atoms with van der Waals surface area (Å²) in [5, 5.41) is -1.14. The molecule has 0 bridgehead atoms. The Morgan fingerprint density at radius 2 is 1.06 bits per heavy atom. The Bertz CT molecular complexity index is 1010. The molecule has 2 aromatic carbocycles. The summed E-state index contributed by atoms with van der Waals surface area (Å²) in [7, 11) is 0. The predicted octanol–water partition coefficient (Wildman–Crippen LogP) is 1.99. The van der Waals surface area contributed by atoms with Crippen molar-refractivity contribution in [3.05, 3.63) is 48.5 Å². The number of para-hydroxylation sites is 2. The molecule has 2 aliphatic heterocycles. The van der Waals surface area contributed by atoms with Crippen LogP contribution < -0.4 is 11.5 Å². The highest BCUT2D eigenvalue weighted by Crippen LogP contribution is 2.36. The second-order valence-electron chi connectivity index (χ2n) is 7.46. The van der Waals surface area contributed by atoms with Gasteiger partial charge in [0.25, 0.3) is 0 Å². The Labute approximate surface area is 193 Å². The number of amides is 4. The van der Waals surface area contributed by atoms with Crippen LogP contribution in [0.3, 0.4) is 0 Å². The second kappa shape index (κ2) is 9.25. The SMILES string of the molecule is Nc1ccccc1SC1CC(=O)N(CCN2C(=O)CC(Sc3ccccc3N)C2=O)C1=O. The summed E-state index contributed by atoms with van der Waals surface area (Å²) in [5.74, 6) is -1.29. The van der Waals surface area contributed by atoms with Crippen LogP contribution in [0.15, 0.2) is 58.3 Å². The van der Waals surface area contributed by atoms with E-state index in [4.69, 9.17) is 11.5 Å². The van der Waals surface area contributed by atoms with Gasteiger partial charge >= 0.3 is 0 Å². The maximum absolute atomic E-state index is 12.8. The van der Waals surface area contributed by atoms with E-state index < -0.39 is 10.5 Å². The van der Waals surface area contributed by atoms with Crippen molar-refractivity contribution in [3.63, 3.8) is 0 Å². The molecule has 10 heteroatoms. The number of likely N-dealkylation sites (tertiary alicyclic amines) is 2. The van der Waals surface area contributed by atoms with Crippen molar-refractivity contribution >= 4 is 58.5 Å². The molecule has 2 heterocycles. The van der Waals surface area contributed by atoms with E-state index in [1.54, 1.807) is 36.4 Å². The van der Waals surface area contributed by atoms with Crippen molar-refractivity contribution in [1.82, 2.24) is 9.80 Å². The van der Waals surface area contributed by atoms with Crippen LogP contribution in [-0.4, -0.2) is 57.0 Å². The lowest BCUT2D eigenvalue weighted by Gasteiger charge is -2.20. The first-order valence-electron chi connectivity index (χ1n) is 10.1. The number of imide groups is 2. The lowest BCUT2D eigenvalue weighted by Crippen LogP contribution is -2.41. The van der Waals surface area contributed by atoms with Crippen LogP contribution in [0.1, 0.15) is 12.8 Å². The lowest BCUT2D eigenvalue weighted by molar-refractivity contribution is -0.143.